The molecule has 0 fully saturated rings. The average Bonchev–Trinajstić information content (AvgIpc) is 2.92. The Morgan fingerprint density at radius 2 is 2.00 bits per heavy atom. The molecule has 3 rings (SSSR count). The Morgan fingerprint density at radius 1 is 1.19 bits per heavy atom. The molecule has 0 saturated heterocycles. The van der Waals surface area contributed by atoms with Gasteiger partial charge in [-0.25, -0.2) is 4.68 Å². The molecule has 0 aliphatic carbocycles. The summed E-state index contributed by atoms with van der Waals surface area (Å²) >= 11 is 6.19. The van der Waals surface area contributed by atoms with Gasteiger partial charge in [0.25, 0.3) is 0 Å². The first-order chi connectivity index (χ1) is 10.1. The van der Waals surface area contributed by atoms with Gasteiger partial charge in [0.1, 0.15) is 0 Å². The highest BCUT2D eigenvalue weighted by molar-refractivity contribution is 6.31. The lowest BCUT2D eigenvalue weighted by Crippen LogP contribution is -2.06. The summed E-state index contributed by atoms with van der Waals surface area (Å²) in [7, 11) is 0. The third kappa shape index (κ3) is 2.73. The van der Waals surface area contributed by atoms with Crippen LogP contribution in [-0.4, -0.2) is 20.2 Å². The molecule has 0 aliphatic rings. The number of aryl methyl sites for hydroxylation is 1. The standard InChI is InChI=1S/C15H14ClN5/c1-10-6-7-14(17)12(8-10)15-18-19-20-21(15)9-11-4-2-3-5-13(11)16/h2-8H,9,17H2,1H3. The van der Waals surface area contributed by atoms with Crippen molar-refractivity contribution in [2.45, 2.75) is 13.5 Å². The highest BCUT2D eigenvalue weighted by Crippen LogP contribution is 2.25. The molecule has 0 bridgehead atoms. The third-order valence-electron chi connectivity index (χ3n) is 3.26. The van der Waals surface area contributed by atoms with Crippen molar-refractivity contribution in [3.63, 3.8) is 0 Å². The molecule has 0 aliphatic heterocycles. The highest BCUT2D eigenvalue weighted by atomic mass is 35.5. The molecule has 0 atom stereocenters. The summed E-state index contributed by atoms with van der Waals surface area (Å²) < 4.78 is 1.70. The van der Waals surface area contributed by atoms with Gasteiger partial charge in [0, 0.05) is 16.3 Å². The van der Waals surface area contributed by atoms with Crippen molar-refractivity contribution < 1.29 is 0 Å². The van der Waals surface area contributed by atoms with Gasteiger partial charge in [-0.3, -0.25) is 0 Å². The molecule has 0 amide bonds. The van der Waals surface area contributed by atoms with Gasteiger partial charge in [0.2, 0.25) is 0 Å². The molecule has 0 unspecified atom stereocenters. The van der Waals surface area contributed by atoms with E-state index < -0.39 is 0 Å². The van der Waals surface area contributed by atoms with Crippen molar-refractivity contribution in [1.29, 1.82) is 0 Å². The maximum atomic E-state index is 6.19. The summed E-state index contributed by atoms with van der Waals surface area (Å²) in [5, 5.41) is 12.6. The van der Waals surface area contributed by atoms with Crippen molar-refractivity contribution in [2.75, 3.05) is 5.73 Å². The van der Waals surface area contributed by atoms with Crippen LogP contribution >= 0.6 is 11.6 Å². The zero-order valence-electron chi connectivity index (χ0n) is 11.5. The number of hydrogen-bond donors (Lipinski definition) is 1. The number of rotatable bonds is 3. The van der Waals surface area contributed by atoms with Crippen LogP contribution in [0.2, 0.25) is 5.02 Å². The molecule has 21 heavy (non-hydrogen) atoms. The fraction of sp³-hybridized carbons (Fsp3) is 0.133. The van der Waals surface area contributed by atoms with Crippen molar-refractivity contribution in [3.8, 4) is 11.4 Å². The number of tetrazole rings is 1. The van der Waals surface area contributed by atoms with E-state index in [1.807, 2.05) is 49.4 Å². The first kappa shape index (κ1) is 13.6. The lowest BCUT2D eigenvalue weighted by molar-refractivity contribution is 0.653. The van der Waals surface area contributed by atoms with Gasteiger partial charge in [-0.2, -0.15) is 0 Å². The molecule has 2 N–H and O–H groups in total. The molecule has 2 aromatic carbocycles. The lowest BCUT2D eigenvalue weighted by Gasteiger charge is -2.09. The number of halogens is 1. The van der Waals surface area contributed by atoms with Gasteiger partial charge in [-0.05, 0) is 41.1 Å². The van der Waals surface area contributed by atoms with Gasteiger partial charge in [0.05, 0.1) is 6.54 Å². The maximum absolute atomic E-state index is 6.19. The number of hydrogen-bond acceptors (Lipinski definition) is 4. The van der Waals surface area contributed by atoms with Crippen LogP contribution in [-0.2, 0) is 6.54 Å². The van der Waals surface area contributed by atoms with E-state index in [0.29, 0.717) is 23.1 Å². The summed E-state index contributed by atoms with van der Waals surface area (Å²) in [5.41, 5.74) is 9.57. The maximum Gasteiger partial charge on any atom is 0.184 e. The van der Waals surface area contributed by atoms with Crippen LogP contribution in [0.15, 0.2) is 42.5 Å². The Bertz CT molecular complexity index is 781. The smallest absolute Gasteiger partial charge is 0.184 e. The molecule has 1 heterocycles. The molecule has 0 radical (unpaired) electrons. The lowest BCUT2D eigenvalue weighted by atomic mass is 10.1. The summed E-state index contributed by atoms with van der Waals surface area (Å²) in [6.45, 7) is 2.50. The molecule has 0 spiro atoms. The minimum Gasteiger partial charge on any atom is -0.398 e. The molecule has 0 saturated carbocycles. The largest absolute Gasteiger partial charge is 0.398 e. The molecule has 106 valence electrons. The summed E-state index contributed by atoms with van der Waals surface area (Å²) in [6.07, 6.45) is 0. The quantitative estimate of drug-likeness (QED) is 0.755. The monoisotopic (exact) mass is 299 g/mol. The van der Waals surface area contributed by atoms with Crippen LogP contribution < -0.4 is 5.73 Å². The Morgan fingerprint density at radius 3 is 2.81 bits per heavy atom. The number of aromatic nitrogens is 4. The van der Waals surface area contributed by atoms with Gasteiger partial charge >= 0.3 is 0 Å². The van der Waals surface area contributed by atoms with Crippen LogP contribution in [0.1, 0.15) is 11.1 Å². The van der Waals surface area contributed by atoms with Crippen molar-refractivity contribution in [1.82, 2.24) is 20.2 Å². The molecular weight excluding hydrogens is 286 g/mol. The Labute approximate surface area is 127 Å². The van der Waals surface area contributed by atoms with E-state index in [-0.39, 0.29) is 0 Å². The SMILES string of the molecule is Cc1ccc(N)c(-c2nnnn2Cc2ccccc2Cl)c1. The van der Waals surface area contributed by atoms with E-state index in [1.165, 1.54) is 0 Å². The van der Waals surface area contributed by atoms with E-state index >= 15 is 0 Å². The summed E-state index contributed by atoms with van der Waals surface area (Å²) in [6, 6.07) is 13.4. The van der Waals surface area contributed by atoms with Gasteiger partial charge in [-0.15, -0.1) is 5.10 Å². The minimum absolute atomic E-state index is 0.495. The van der Waals surface area contributed by atoms with Gasteiger partial charge in [-0.1, -0.05) is 41.4 Å². The van der Waals surface area contributed by atoms with E-state index in [9.17, 15) is 0 Å². The van der Waals surface area contributed by atoms with Crippen molar-refractivity contribution >= 4 is 17.3 Å². The average molecular weight is 300 g/mol. The Hall–Kier alpha value is -2.40. The summed E-state index contributed by atoms with van der Waals surface area (Å²) in [4.78, 5) is 0. The topological polar surface area (TPSA) is 69.6 Å². The van der Waals surface area contributed by atoms with E-state index in [4.69, 9.17) is 17.3 Å². The van der Waals surface area contributed by atoms with Crippen LogP contribution in [0, 0.1) is 6.92 Å². The molecule has 6 heteroatoms. The number of nitrogens with two attached hydrogens (primary N) is 1. The number of benzene rings is 2. The highest BCUT2D eigenvalue weighted by Gasteiger charge is 2.13. The minimum atomic E-state index is 0.495. The van der Waals surface area contributed by atoms with Gasteiger partial charge in [0.15, 0.2) is 5.82 Å². The summed E-state index contributed by atoms with van der Waals surface area (Å²) in [5.74, 6) is 0.635. The second-order valence-electron chi connectivity index (χ2n) is 4.84. The number of anilines is 1. The molecule has 1 aromatic heterocycles. The van der Waals surface area contributed by atoms with Crippen molar-refractivity contribution in [2.24, 2.45) is 0 Å². The molecule has 5 nitrogen and oxygen atoms in total. The Balaban J connectivity index is 2.02. The van der Waals surface area contributed by atoms with Crippen LogP contribution in [0.5, 0.6) is 0 Å². The van der Waals surface area contributed by atoms with Gasteiger partial charge < -0.3 is 5.73 Å². The number of nitrogen functional groups attached to an aromatic ring is 1. The zero-order chi connectivity index (χ0) is 14.8. The van der Waals surface area contributed by atoms with Crippen molar-refractivity contribution in [3.05, 3.63) is 58.6 Å². The van der Waals surface area contributed by atoms with E-state index in [2.05, 4.69) is 15.5 Å². The first-order valence-electron chi connectivity index (χ1n) is 6.51. The predicted octanol–water partition coefficient (Wildman–Crippen LogP) is 2.93. The van der Waals surface area contributed by atoms with Crippen LogP contribution in [0.3, 0.4) is 0 Å². The second-order valence-corrected chi connectivity index (χ2v) is 5.25. The normalized spacial score (nSPS) is 10.8. The molecule has 3 aromatic rings. The predicted molar refractivity (Wildman–Crippen MR) is 83.0 cm³/mol. The van der Waals surface area contributed by atoms with E-state index in [1.54, 1.807) is 4.68 Å². The Kier molecular flexibility index (Phi) is 3.58. The first-order valence-corrected chi connectivity index (χ1v) is 6.89. The third-order valence-corrected chi connectivity index (χ3v) is 3.63. The second kappa shape index (κ2) is 5.54. The van der Waals surface area contributed by atoms with Crippen LogP contribution in [0.4, 0.5) is 5.69 Å². The zero-order valence-corrected chi connectivity index (χ0v) is 12.2. The molecular formula is C15H14ClN5. The fourth-order valence-electron chi connectivity index (χ4n) is 2.16. The van der Waals surface area contributed by atoms with Crippen LogP contribution in [0.25, 0.3) is 11.4 Å². The fourth-order valence-corrected chi connectivity index (χ4v) is 2.35. The van der Waals surface area contributed by atoms with E-state index in [0.717, 1.165) is 16.7 Å². The number of nitrogens with zero attached hydrogens (tertiary/aromatic N) is 4.